The van der Waals surface area contributed by atoms with Crippen LogP contribution in [0.15, 0.2) is 72.8 Å². The van der Waals surface area contributed by atoms with Gasteiger partial charge in [0.15, 0.2) is 0 Å². The van der Waals surface area contributed by atoms with Gasteiger partial charge in [0, 0.05) is 7.11 Å². The number of carboxylic acids is 1. The van der Waals surface area contributed by atoms with Crippen molar-refractivity contribution in [3.8, 4) is 22.3 Å². The Bertz CT molecular complexity index is 849. The second kappa shape index (κ2) is 7.77. The summed E-state index contributed by atoms with van der Waals surface area (Å²) in [4.78, 5) is 10.9. The van der Waals surface area contributed by atoms with Gasteiger partial charge in [0.1, 0.15) is 0 Å². The van der Waals surface area contributed by atoms with Gasteiger partial charge < -0.3 is 9.84 Å². The average molecular weight is 332 g/mol. The van der Waals surface area contributed by atoms with E-state index in [1.807, 2.05) is 12.1 Å². The molecule has 0 amide bonds. The molecule has 0 fully saturated rings. The van der Waals surface area contributed by atoms with E-state index < -0.39 is 5.97 Å². The van der Waals surface area contributed by atoms with E-state index in [0.717, 1.165) is 23.1 Å². The van der Waals surface area contributed by atoms with E-state index in [0.29, 0.717) is 12.2 Å². The van der Waals surface area contributed by atoms with Crippen LogP contribution in [0.25, 0.3) is 22.3 Å². The van der Waals surface area contributed by atoms with Crippen LogP contribution in [0.1, 0.15) is 15.9 Å². The molecule has 0 unspecified atom stereocenters. The van der Waals surface area contributed by atoms with Gasteiger partial charge in [-0.3, -0.25) is 0 Å². The molecule has 0 aliphatic heterocycles. The first kappa shape index (κ1) is 16.9. The lowest BCUT2D eigenvalue weighted by Crippen LogP contribution is -1.95. The van der Waals surface area contributed by atoms with E-state index >= 15 is 0 Å². The van der Waals surface area contributed by atoms with Crippen LogP contribution in [-0.4, -0.2) is 24.8 Å². The maximum Gasteiger partial charge on any atom is 0.335 e. The largest absolute Gasteiger partial charge is 0.478 e. The van der Waals surface area contributed by atoms with Crippen LogP contribution in [-0.2, 0) is 11.2 Å². The summed E-state index contributed by atoms with van der Waals surface area (Å²) in [7, 11) is 1.71. The highest BCUT2D eigenvalue weighted by Gasteiger charge is 2.04. The molecule has 0 saturated heterocycles. The van der Waals surface area contributed by atoms with E-state index in [4.69, 9.17) is 9.84 Å². The number of rotatable bonds is 6. The van der Waals surface area contributed by atoms with Crippen molar-refractivity contribution < 1.29 is 14.6 Å². The number of carboxylic acid groups (broad SMARTS) is 1. The molecule has 0 saturated carbocycles. The topological polar surface area (TPSA) is 46.5 Å². The highest BCUT2D eigenvalue weighted by molar-refractivity contribution is 5.88. The Morgan fingerprint density at radius 1 is 0.840 bits per heavy atom. The molecule has 3 aromatic rings. The van der Waals surface area contributed by atoms with Crippen molar-refractivity contribution in [3.63, 3.8) is 0 Å². The number of ether oxygens (including phenoxy) is 1. The predicted molar refractivity (Wildman–Crippen MR) is 99.9 cm³/mol. The van der Waals surface area contributed by atoms with Gasteiger partial charge in [0.25, 0.3) is 0 Å². The van der Waals surface area contributed by atoms with E-state index in [-0.39, 0.29) is 0 Å². The van der Waals surface area contributed by atoms with Gasteiger partial charge in [-0.25, -0.2) is 4.79 Å². The molecule has 3 rings (SSSR count). The second-order valence-electron chi connectivity index (χ2n) is 5.90. The molecule has 0 radical (unpaired) electrons. The summed E-state index contributed by atoms with van der Waals surface area (Å²) >= 11 is 0. The van der Waals surface area contributed by atoms with Crippen LogP contribution >= 0.6 is 0 Å². The fourth-order valence-corrected chi connectivity index (χ4v) is 2.79. The minimum atomic E-state index is -0.907. The quantitative estimate of drug-likeness (QED) is 0.698. The third-order valence-corrected chi connectivity index (χ3v) is 4.21. The van der Waals surface area contributed by atoms with Crippen molar-refractivity contribution in [1.29, 1.82) is 0 Å². The highest BCUT2D eigenvalue weighted by atomic mass is 16.5. The second-order valence-corrected chi connectivity index (χ2v) is 5.90. The van der Waals surface area contributed by atoms with Gasteiger partial charge in [-0.05, 0) is 46.4 Å². The number of methoxy groups -OCH3 is 1. The molecular weight excluding hydrogens is 312 g/mol. The van der Waals surface area contributed by atoms with E-state index in [9.17, 15) is 4.79 Å². The zero-order valence-corrected chi connectivity index (χ0v) is 14.1. The minimum Gasteiger partial charge on any atom is -0.478 e. The van der Waals surface area contributed by atoms with E-state index in [2.05, 4.69) is 48.5 Å². The molecule has 1 N–H and O–H groups in total. The lowest BCUT2D eigenvalue weighted by molar-refractivity contribution is 0.0697. The summed E-state index contributed by atoms with van der Waals surface area (Å²) in [6.07, 6.45) is 0.901. The Morgan fingerprint density at radius 2 is 1.40 bits per heavy atom. The first-order valence-electron chi connectivity index (χ1n) is 8.19. The lowest BCUT2D eigenvalue weighted by Gasteiger charge is -2.07. The summed E-state index contributed by atoms with van der Waals surface area (Å²) in [5.41, 5.74) is 5.97. The van der Waals surface area contributed by atoms with Crippen LogP contribution in [0, 0.1) is 0 Å². The molecule has 0 spiro atoms. The Morgan fingerprint density at radius 3 is 1.96 bits per heavy atom. The zero-order chi connectivity index (χ0) is 17.6. The molecule has 3 heteroatoms. The monoisotopic (exact) mass is 332 g/mol. The first-order chi connectivity index (χ1) is 12.2. The smallest absolute Gasteiger partial charge is 0.335 e. The van der Waals surface area contributed by atoms with Crippen molar-refractivity contribution in [1.82, 2.24) is 0 Å². The molecular formula is C22H20O3. The third-order valence-electron chi connectivity index (χ3n) is 4.21. The fourth-order valence-electron chi connectivity index (χ4n) is 2.79. The number of hydrogen-bond donors (Lipinski definition) is 1. The summed E-state index contributed by atoms with van der Waals surface area (Å²) in [5.74, 6) is -0.907. The van der Waals surface area contributed by atoms with Crippen molar-refractivity contribution in [2.75, 3.05) is 13.7 Å². The highest BCUT2D eigenvalue weighted by Crippen LogP contribution is 2.26. The molecule has 126 valence electrons. The van der Waals surface area contributed by atoms with Crippen LogP contribution in [0.5, 0.6) is 0 Å². The molecule has 3 nitrogen and oxygen atoms in total. The fraction of sp³-hybridized carbons (Fsp3) is 0.136. The van der Waals surface area contributed by atoms with Crippen LogP contribution in [0.2, 0.25) is 0 Å². The molecule has 0 bridgehead atoms. The predicted octanol–water partition coefficient (Wildman–Crippen LogP) is 4.91. The molecule has 0 aliphatic rings. The van der Waals surface area contributed by atoms with Crippen molar-refractivity contribution in [2.45, 2.75) is 6.42 Å². The van der Waals surface area contributed by atoms with Crippen molar-refractivity contribution in [2.24, 2.45) is 0 Å². The zero-order valence-electron chi connectivity index (χ0n) is 14.1. The van der Waals surface area contributed by atoms with Crippen LogP contribution < -0.4 is 0 Å². The molecule has 3 aromatic carbocycles. The van der Waals surface area contributed by atoms with Gasteiger partial charge in [-0.2, -0.15) is 0 Å². The summed E-state index contributed by atoms with van der Waals surface area (Å²) < 4.78 is 5.14. The first-order valence-corrected chi connectivity index (χ1v) is 8.19. The SMILES string of the molecule is COCCc1cccc(-c2ccc(-c3ccc(C(=O)O)cc3)cc2)c1. The minimum absolute atomic E-state index is 0.299. The summed E-state index contributed by atoms with van der Waals surface area (Å²) in [5, 5.41) is 8.98. The Balaban J connectivity index is 1.81. The average Bonchev–Trinajstić information content (AvgIpc) is 2.67. The third kappa shape index (κ3) is 4.14. The van der Waals surface area contributed by atoms with E-state index in [1.54, 1.807) is 19.2 Å². The van der Waals surface area contributed by atoms with Gasteiger partial charge in [-0.15, -0.1) is 0 Å². The molecule has 0 heterocycles. The number of carbonyl (C=O) groups is 1. The molecule has 0 atom stereocenters. The maximum atomic E-state index is 10.9. The van der Waals surface area contributed by atoms with Crippen LogP contribution in [0.4, 0.5) is 0 Å². The summed E-state index contributed by atoms with van der Waals surface area (Å²) in [6.45, 7) is 0.717. The Hall–Kier alpha value is -2.91. The number of aromatic carboxylic acids is 1. The van der Waals surface area contributed by atoms with Crippen LogP contribution in [0.3, 0.4) is 0 Å². The molecule has 0 aromatic heterocycles. The Labute approximate surface area is 147 Å². The number of hydrogen-bond acceptors (Lipinski definition) is 2. The Kier molecular flexibility index (Phi) is 5.26. The lowest BCUT2D eigenvalue weighted by atomic mass is 9.98. The van der Waals surface area contributed by atoms with Gasteiger partial charge in [0.2, 0.25) is 0 Å². The maximum absolute atomic E-state index is 10.9. The summed E-state index contributed by atoms with van der Waals surface area (Å²) in [6, 6.07) is 23.7. The van der Waals surface area contributed by atoms with Gasteiger partial charge >= 0.3 is 5.97 Å². The van der Waals surface area contributed by atoms with Crippen molar-refractivity contribution >= 4 is 5.97 Å². The number of benzene rings is 3. The molecule has 25 heavy (non-hydrogen) atoms. The standard InChI is InChI=1S/C22H20O3/c1-25-14-13-16-3-2-4-21(15-16)19-7-5-17(6-8-19)18-9-11-20(12-10-18)22(23)24/h2-12,15H,13-14H2,1H3,(H,23,24). The van der Waals surface area contributed by atoms with Crippen molar-refractivity contribution in [3.05, 3.63) is 83.9 Å². The van der Waals surface area contributed by atoms with Gasteiger partial charge in [-0.1, -0.05) is 60.7 Å². The van der Waals surface area contributed by atoms with Gasteiger partial charge in [0.05, 0.1) is 12.2 Å². The van der Waals surface area contributed by atoms with E-state index in [1.165, 1.54) is 11.1 Å². The normalized spacial score (nSPS) is 10.6. The molecule has 0 aliphatic carbocycles.